The number of Topliss-reactive ketones (excluding diaryl/α,β-unsaturated/α-hetero) is 2. The molecular weight excluding hydrogens is 453 g/mol. The van der Waals surface area contributed by atoms with Crippen molar-refractivity contribution in [2.45, 2.75) is 57.5 Å². The third-order valence-corrected chi connectivity index (χ3v) is 6.33. The number of likely N-dealkylation sites (tertiary alicyclic amines) is 1. The first-order valence-corrected chi connectivity index (χ1v) is 10.8. The molecule has 1 saturated heterocycles. The van der Waals surface area contributed by atoms with Gasteiger partial charge in [-0.3, -0.25) is 28.7 Å². The van der Waals surface area contributed by atoms with E-state index in [1.54, 1.807) is 17.2 Å². The SMILES string of the molecule is CC(=O)c1nn(CC(=O)N2[C@@H]3C[C@@H]3C[C@H]2C(=O)Cc2ccn(CC(F)(F)F)n2)c2cnccc12. The standard InChI is InChI=1S/C22H21F3N6O3/c1-12(32)21-15-2-4-26-9-18(15)30(28-21)10-20(34)31-16-6-13(16)7-17(31)19(33)8-14-3-5-29(27-14)11-22(23,24)25/h2-5,9,13,16-17H,6-8,10-11H2,1H3/t13-,16-,17+/m1/s1. The summed E-state index contributed by atoms with van der Waals surface area (Å²) in [7, 11) is 0. The summed E-state index contributed by atoms with van der Waals surface area (Å²) in [5.74, 6) is -0.545. The van der Waals surface area contributed by atoms with Crippen LogP contribution in [0.3, 0.4) is 0 Å². The highest BCUT2D eigenvalue weighted by molar-refractivity contribution is 6.04. The van der Waals surface area contributed by atoms with Crippen molar-refractivity contribution in [3.8, 4) is 0 Å². The number of piperidine rings is 1. The second kappa shape index (κ2) is 8.03. The molecule has 2 aliphatic rings. The molecule has 4 heterocycles. The van der Waals surface area contributed by atoms with E-state index >= 15 is 0 Å². The summed E-state index contributed by atoms with van der Waals surface area (Å²) in [6, 6.07) is 2.36. The molecule has 0 spiro atoms. The molecule has 0 radical (unpaired) electrons. The van der Waals surface area contributed by atoms with Crippen LogP contribution in [0.4, 0.5) is 13.2 Å². The largest absolute Gasteiger partial charge is 0.408 e. The zero-order chi connectivity index (χ0) is 24.2. The van der Waals surface area contributed by atoms with Gasteiger partial charge in [-0.2, -0.15) is 23.4 Å². The van der Waals surface area contributed by atoms with E-state index in [1.807, 2.05) is 0 Å². The molecule has 1 aliphatic heterocycles. The fraction of sp³-hybridized carbons (Fsp3) is 0.455. The van der Waals surface area contributed by atoms with Gasteiger partial charge in [0.2, 0.25) is 5.91 Å². The molecule has 12 heteroatoms. The molecule has 9 nitrogen and oxygen atoms in total. The predicted octanol–water partition coefficient (Wildman–Crippen LogP) is 2.19. The van der Waals surface area contributed by atoms with E-state index in [4.69, 9.17) is 0 Å². The summed E-state index contributed by atoms with van der Waals surface area (Å²) in [4.78, 5) is 43.9. The Bertz CT molecular complexity index is 1300. The van der Waals surface area contributed by atoms with Crippen molar-refractivity contribution in [3.05, 3.63) is 42.1 Å². The van der Waals surface area contributed by atoms with Gasteiger partial charge >= 0.3 is 6.18 Å². The van der Waals surface area contributed by atoms with Gasteiger partial charge in [0, 0.05) is 30.7 Å². The Labute approximate surface area is 191 Å². The topological polar surface area (TPSA) is 103 Å². The molecule has 0 unspecified atom stereocenters. The van der Waals surface area contributed by atoms with Gasteiger partial charge in [0.05, 0.1) is 29.9 Å². The van der Waals surface area contributed by atoms with Gasteiger partial charge in [-0.15, -0.1) is 0 Å². The number of ketones is 2. The third-order valence-electron chi connectivity index (χ3n) is 6.33. The van der Waals surface area contributed by atoms with Gasteiger partial charge in [0.25, 0.3) is 0 Å². The van der Waals surface area contributed by atoms with E-state index in [2.05, 4.69) is 15.2 Å². The van der Waals surface area contributed by atoms with Gasteiger partial charge < -0.3 is 4.90 Å². The fourth-order valence-corrected chi connectivity index (χ4v) is 4.78. The van der Waals surface area contributed by atoms with Gasteiger partial charge in [-0.05, 0) is 30.9 Å². The van der Waals surface area contributed by atoms with Crippen molar-refractivity contribution in [2.24, 2.45) is 5.92 Å². The van der Waals surface area contributed by atoms with Crippen LogP contribution >= 0.6 is 0 Å². The van der Waals surface area contributed by atoms with Gasteiger partial charge in [-0.1, -0.05) is 0 Å². The molecule has 34 heavy (non-hydrogen) atoms. The van der Waals surface area contributed by atoms with Crippen LogP contribution in [-0.2, 0) is 29.1 Å². The molecule has 3 atom stereocenters. The Morgan fingerprint density at radius 2 is 1.94 bits per heavy atom. The lowest BCUT2D eigenvalue weighted by Gasteiger charge is -2.26. The number of pyridine rings is 1. The molecule has 1 aliphatic carbocycles. The number of amides is 1. The van der Waals surface area contributed by atoms with E-state index in [-0.39, 0.29) is 53.8 Å². The maximum absolute atomic E-state index is 13.3. The number of hydrogen-bond acceptors (Lipinski definition) is 6. The summed E-state index contributed by atoms with van der Waals surface area (Å²) in [6.45, 7) is 0.0192. The molecule has 1 amide bonds. The van der Waals surface area contributed by atoms with Crippen LogP contribution in [0.1, 0.15) is 35.9 Å². The van der Waals surface area contributed by atoms with Crippen LogP contribution in [0.2, 0.25) is 0 Å². The Hall–Kier alpha value is -3.57. The van der Waals surface area contributed by atoms with E-state index < -0.39 is 18.8 Å². The Morgan fingerprint density at radius 1 is 1.15 bits per heavy atom. The highest BCUT2D eigenvalue weighted by Gasteiger charge is 2.55. The molecular formula is C22H21F3N6O3. The van der Waals surface area contributed by atoms with Gasteiger partial charge in [0.1, 0.15) is 18.8 Å². The first-order chi connectivity index (χ1) is 16.1. The third kappa shape index (κ3) is 4.19. The fourth-order valence-electron chi connectivity index (χ4n) is 4.78. The van der Waals surface area contributed by atoms with E-state index in [0.29, 0.717) is 17.3 Å². The summed E-state index contributed by atoms with van der Waals surface area (Å²) in [5.41, 5.74) is 1.03. The van der Waals surface area contributed by atoms with Crippen LogP contribution in [0.25, 0.3) is 10.9 Å². The molecule has 178 valence electrons. The highest BCUT2D eigenvalue weighted by atomic mass is 19.4. The minimum Gasteiger partial charge on any atom is -0.328 e. The monoisotopic (exact) mass is 474 g/mol. The molecule has 3 aromatic heterocycles. The molecule has 0 N–H and O–H groups in total. The number of halogens is 3. The zero-order valence-corrected chi connectivity index (χ0v) is 18.2. The highest BCUT2D eigenvalue weighted by Crippen LogP contribution is 2.48. The van der Waals surface area contributed by atoms with Crippen molar-refractivity contribution >= 4 is 28.4 Å². The zero-order valence-electron chi connectivity index (χ0n) is 18.2. The van der Waals surface area contributed by atoms with Crippen LogP contribution in [0.5, 0.6) is 0 Å². The second-order valence-electron chi connectivity index (χ2n) is 8.83. The van der Waals surface area contributed by atoms with Crippen molar-refractivity contribution in [1.82, 2.24) is 29.4 Å². The molecule has 1 saturated carbocycles. The van der Waals surface area contributed by atoms with Crippen LogP contribution in [0, 0.1) is 5.92 Å². The lowest BCUT2D eigenvalue weighted by molar-refractivity contribution is -0.142. The Balaban J connectivity index is 1.32. The average molecular weight is 474 g/mol. The molecule has 2 fully saturated rings. The minimum atomic E-state index is -4.41. The van der Waals surface area contributed by atoms with Crippen LogP contribution in [-0.4, -0.2) is 65.2 Å². The number of hydrogen-bond donors (Lipinski definition) is 0. The predicted molar refractivity (Wildman–Crippen MR) is 112 cm³/mol. The molecule has 5 rings (SSSR count). The number of carbonyl (C=O) groups excluding carboxylic acids is 3. The van der Waals surface area contributed by atoms with Gasteiger partial charge in [-0.25, -0.2) is 0 Å². The maximum atomic E-state index is 13.3. The normalized spacial score (nSPS) is 21.6. The lowest BCUT2D eigenvalue weighted by Crippen LogP contribution is -2.45. The van der Waals surface area contributed by atoms with Crippen molar-refractivity contribution < 1.29 is 27.6 Å². The maximum Gasteiger partial charge on any atom is 0.408 e. The number of alkyl halides is 3. The number of carbonyl (C=O) groups is 3. The van der Waals surface area contributed by atoms with E-state index in [0.717, 1.165) is 11.1 Å². The van der Waals surface area contributed by atoms with Crippen molar-refractivity contribution in [2.75, 3.05) is 0 Å². The number of fused-ring (bicyclic) bond motifs is 2. The number of nitrogens with zero attached hydrogens (tertiary/aromatic N) is 6. The Kier molecular flexibility index (Phi) is 5.25. The first-order valence-electron chi connectivity index (χ1n) is 10.8. The first kappa shape index (κ1) is 22.2. The summed E-state index contributed by atoms with van der Waals surface area (Å²) in [6.07, 6.45) is 1.05. The van der Waals surface area contributed by atoms with Crippen molar-refractivity contribution in [3.63, 3.8) is 0 Å². The number of aromatic nitrogens is 5. The summed E-state index contributed by atoms with van der Waals surface area (Å²) >= 11 is 0. The molecule has 0 aromatic carbocycles. The lowest BCUT2D eigenvalue weighted by atomic mass is 10.0. The summed E-state index contributed by atoms with van der Waals surface area (Å²) < 4.78 is 39.9. The molecule has 0 bridgehead atoms. The van der Waals surface area contributed by atoms with Gasteiger partial charge in [0.15, 0.2) is 11.6 Å². The minimum absolute atomic E-state index is 0.0311. The Morgan fingerprint density at radius 3 is 2.68 bits per heavy atom. The molecule has 3 aromatic rings. The van der Waals surface area contributed by atoms with Crippen LogP contribution in [0.15, 0.2) is 30.7 Å². The smallest absolute Gasteiger partial charge is 0.328 e. The van der Waals surface area contributed by atoms with Crippen LogP contribution < -0.4 is 0 Å². The summed E-state index contributed by atoms with van der Waals surface area (Å²) in [5, 5.41) is 8.75. The van der Waals surface area contributed by atoms with Crippen molar-refractivity contribution in [1.29, 1.82) is 0 Å². The average Bonchev–Trinajstić information content (AvgIpc) is 3.08. The quantitative estimate of drug-likeness (QED) is 0.487. The number of rotatable bonds is 7. The van der Waals surface area contributed by atoms with E-state index in [1.165, 1.54) is 30.1 Å². The second-order valence-corrected chi connectivity index (χ2v) is 8.83. The van der Waals surface area contributed by atoms with E-state index in [9.17, 15) is 27.6 Å².